The van der Waals surface area contributed by atoms with E-state index in [4.69, 9.17) is 0 Å². The molecule has 1 aromatic heterocycles. The van der Waals surface area contributed by atoms with Crippen LogP contribution in [0.25, 0.3) is 0 Å². The van der Waals surface area contributed by atoms with E-state index in [1.54, 1.807) is 6.07 Å². The van der Waals surface area contributed by atoms with Crippen LogP contribution in [0.4, 0.5) is 4.39 Å². The van der Waals surface area contributed by atoms with Crippen LogP contribution in [0.15, 0.2) is 33.5 Å². The van der Waals surface area contributed by atoms with Gasteiger partial charge in [-0.15, -0.1) is 10.2 Å². The molecule has 0 radical (unpaired) electrons. The van der Waals surface area contributed by atoms with Crippen molar-refractivity contribution in [1.82, 2.24) is 20.4 Å². The minimum absolute atomic E-state index is 0.158. The number of fused-ring (bicyclic) bond motifs is 3. The van der Waals surface area contributed by atoms with Gasteiger partial charge in [0.1, 0.15) is 5.82 Å². The first kappa shape index (κ1) is 16.9. The molecule has 8 heteroatoms. The molecule has 2 atom stereocenters. The molecule has 1 aromatic carbocycles. The Morgan fingerprint density at radius 3 is 2.88 bits per heavy atom. The molecule has 0 saturated carbocycles. The zero-order valence-electron chi connectivity index (χ0n) is 13.8. The molecule has 3 aliphatic rings. The molecule has 0 spiro atoms. The molecule has 5 rings (SSSR count). The summed E-state index contributed by atoms with van der Waals surface area (Å²) in [6.45, 7) is 4.44. The molecule has 5 nitrogen and oxygen atoms in total. The largest absolute Gasteiger partial charge is 0.345 e. The van der Waals surface area contributed by atoms with E-state index in [0.29, 0.717) is 21.3 Å². The first-order chi connectivity index (χ1) is 12.1. The third kappa shape index (κ3) is 3.56. The molecule has 2 aromatic rings. The van der Waals surface area contributed by atoms with Crippen molar-refractivity contribution >= 4 is 29.0 Å². The summed E-state index contributed by atoms with van der Waals surface area (Å²) < 4.78 is 13.9. The molecule has 2 unspecified atom stereocenters. The number of halogens is 1. The number of amides is 1. The lowest BCUT2D eigenvalue weighted by atomic mass is 9.79. The maximum Gasteiger partial charge on any atom is 0.282 e. The summed E-state index contributed by atoms with van der Waals surface area (Å²) in [6, 6.07) is 6.85. The average molecular weight is 378 g/mol. The van der Waals surface area contributed by atoms with Crippen molar-refractivity contribution in [2.75, 3.05) is 13.1 Å². The van der Waals surface area contributed by atoms with Crippen molar-refractivity contribution in [3.63, 3.8) is 0 Å². The van der Waals surface area contributed by atoms with Gasteiger partial charge in [-0.3, -0.25) is 9.69 Å². The lowest BCUT2D eigenvalue weighted by Gasteiger charge is -2.49. The number of carbonyl (C=O) groups excluding carboxylic acids is 1. The second kappa shape index (κ2) is 7.01. The number of nitrogens with zero attached hydrogens (tertiary/aromatic N) is 3. The van der Waals surface area contributed by atoms with Crippen molar-refractivity contribution in [2.24, 2.45) is 5.92 Å². The molecular weight excluding hydrogens is 359 g/mol. The predicted octanol–water partition coefficient (Wildman–Crippen LogP) is 3.04. The third-order valence-corrected chi connectivity index (χ3v) is 7.04. The van der Waals surface area contributed by atoms with E-state index in [2.05, 4.69) is 27.3 Å². The highest BCUT2D eigenvalue weighted by atomic mass is 32.2. The van der Waals surface area contributed by atoms with Crippen molar-refractivity contribution in [3.8, 4) is 0 Å². The van der Waals surface area contributed by atoms with E-state index < -0.39 is 0 Å². The average Bonchev–Trinajstić information content (AvgIpc) is 3.07. The molecular formula is C17H19FN4OS2. The van der Waals surface area contributed by atoms with Gasteiger partial charge in [0.2, 0.25) is 5.01 Å². The Morgan fingerprint density at radius 1 is 1.36 bits per heavy atom. The number of carbonyl (C=O) groups is 1. The molecule has 3 fully saturated rings. The fourth-order valence-electron chi connectivity index (χ4n) is 3.73. The molecule has 0 aliphatic carbocycles. The molecule has 132 valence electrons. The smallest absolute Gasteiger partial charge is 0.282 e. The van der Waals surface area contributed by atoms with E-state index in [0.717, 1.165) is 30.8 Å². The van der Waals surface area contributed by atoms with Crippen LogP contribution in [0.3, 0.4) is 0 Å². The normalized spacial score (nSPS) is 28.1. The quantitative estimate of drug-likeness (QED) is 0.886. The molecule has 4 heterocycles. The molecule has 3 saturated heterocycles. The number of hydrogen-bond acceptors (Lipinski definition) is 6. The van der Waals surface area contributed by atoms with Crippen molar-refractivity contribution in [2.45, 2.75) is 41.1 Å². The lowest BCUT2D eigenvalue weighted by Crippen LogP contribution is -2.62. The monoisotopic (exact) mass is 378 g/mol. The topological polar surface area (TPSA) is 58.1 Å². The molecule has 2 bridgehead atoms. The number of hydrogen-bond donors (Lipinski definition) is 1. The summed E-state index contributed by atoms with van der Waals surface area (Å²) in [5.41, 5.74) is 0. The highest BCUT2D eigenvalue weighted by Crippen LogP contribution is 2.33. The first-order valence-electron chi connectivity index (χ1n) is 8.42. The number of piperidine rings is 3. The van der Waals surface area contributed by atoms with Gasteiger partial charge in [-0.2, -0.15) is 0 Å². The highest BCUT2D eigenvalue weighted by molar-refractivity contribution is 8.01. The van der Waals surface area contributed by atoms with Gasteiger partial charge >= 0.3 is 0 Å². The lowest BCUT2D eigenvalue weighted by molar-refractivity contribution is 0.0217. The van der Waals surface area contributed by atoms with E-state index >= 15 is 0 Å². The van der Waals surface area contributed by atoms with Gasteiger partial charge in [-0.1, -0.05) is 29.2 Å². The van der Waals surface area contributed by atoms with Gasteiger partial charge in [-0.05, 0) is 57.0 Å². The summed E-state index contributed by atoms with van der Waals surface area (Å²) in [6.07, 6.45) is 2.29. The van der Waals surface area contributed by atoms with E-state index in [1.807, 2.05) is 6.07 Å². The van der Waals surface area contributed by atoms with Crippen LogP contribution in [0.5, 0.6) is 0 Å². The molecule has 1 amide bonds. The second-order valence-electron chi connectivity index (χ2n) is 6.55. The number of rotatable bonds is 4. The maximum atomic E-state index is 13.3. The first-order valence-corrected chi connectivity index (χ1v) is 10.1. The van der Waals surface area contributed by atoms with Gasteiger partial charge < -0.3 is 5.32 Å². The van der Waals surface area contributed by atoms with E-state index in [-0.39, 0.29) is 17.8 Å². The van der Waals surface area contributed by atoms with Crippen LogP contribution in [-0.2, 0) is 0 Å². The van der Waals surface area contributed by atoms with Crippen LogP contribution in [0.1, 0.15) is 29.6 Å². The Balaban J connectivity index is 1.42. The van der Waals surface area contributed by atoms with Gasteiger partial charge in [-0.25, -0.2) is 4.39 Å². The van der Waals surface area contributed by atoms with Gasteiger partial charge in [0, 0.05) is 17.0 Å². The number of aromatic nitrogens is 2. The standard InChI is InChI=1S/C17H19FN4OS2/c1-10-14(11-5-7-22(10)8-6-11)19-15(23)16-20-21-17(25-16)24-13-4-2-3-12(18)9-13/h2-4,9-11,14H,5-8H2,1H3,(H,19,23). The minimum atomic E-state index is -0.288. The van der Waals surface area contributed by atoms with Gasteiger partial charge in [0.15, 0.2) is 4.34 Å². The second-order valence-corrected chi connectivity index (χ2v) is 8.84. The van der Waals surface area contributed by atoms with Crippen molar-refractivity contribution in [1.29, 1.82) is 0 Å². The summed E-state index contributed by atoms with van der Waals surface area (Å²) in [5.74, 6) is 0.107. The van der Waals surface area contributed by atoms with Crippen LogP contribution < -0.4 is 5.32 Å². The fourth-order valence-corrected chi connectivity index (χ4v) is 5.51. The zero-order valence-corrected chi connectivity index (χ0v) is 15.4. The van der Waals surface area contributed by atoms with E-state index in [1.165, 1.54) is 35.2 Å². The van der Waals surface area contributed by atoms with Crippen LogP contribution >= 0.6 is 23.1 Å². The molecule has 3 aliphatic heterocycles. The maximum absolute atomic E-state index is 13.3. The Bertz CT molecular complexity index is 774. The SMILES string of the molecule is CC1C(NC(=O)c2nnc(Sc3cccc(F)c3)s2)C2CCN1CC2. The summed E-state index contributed by atoms with van der Waals surface area (Å²) in [5, 5.41) is 11.6. The van der Waals surface area contributed by atoms with Crippen LogP contribution in [0, 0.1) is 11.7 Å². The van der Waals surface area contributed by atoms with Gasteiger partial charge in [0.05, 0.1) is 0 Å². The van der Waals surface area contributed by atoms with Crippen LogP contribution in [0.2, 0.25) is 0 Å². The fraction of sp³-hybridized carbons (Fsp3) is 0.471. The Labute approximate surface area is 154 Å². The Hall–Kier alpha value is -1.51. The van der Waals surface area contributed by atoms with E-state index in [9.17, 15) is 9.18 Å². The number of benzene rings is 1. The highest BCUT2D eigenvalue weighted by Gasteiger charge is 2.40. The van der Waals surface area contributed by atoms with Crippen molar-refractivity contribution in [3.05, 3.63) is 35.1 Å². The summed E-state index contributed by atoms with van der Waals surface area (Å²) >= 11 is 2.56. The van der Waals surface area contributed by atoms with Crippen LogP contribution in [-0.4, -0.2) is 46.2 Å². The van der Waals surface area contributed by atoms with Gasteiger partial charge in [0.25, 0.3) is 5.91 Å². The summed E-state index contributed by atoms with van der Waals surface area (Å²) in [4.78, 5) is 15.7. The molecule has 1 N–H and O–H groups in total. The third-order valence-electron chi connectivity index (χ3n) is 5.08. The zero-order chi connectivity index (χ0) is 17.4. The minimum Gasteiger partial charge on any atom is -0.345 e. The number of nitrogens with one attached hydrogen (secondary N) is 1. The molecule has 25 heavy (non-hydrogen) atoms. The summed E-state index contributed by atoms with van der Waals surface area (Å²) in [7, 11) is 0. The Morgan fingerprint density at radius 2 is 2.16 bits per heavy atom. The predicted molar refractivity (Wildman–Crippen MR) is 95.4 cm³/mol. The van der Waals surface area contributed by atoms with Crippen molar-refractivity contribution < 1.29 is 9.18 Å². The Kier molecular flexibility index (Phi) is 4.75.